The first-order valence-electron chi connectivity index (χ1n) is 5.95. The molecule has 1 heterocycles. The maximum atomic E-state index is 6.29. The van der Waals surface area contributed by atoms with Crippen LogP contribution in [0.1, 0.15) is 31.0 Å². The number of nitrogens with two attached hydrogens (primary N) is 1. The second-order valence-electron chi connectivity index (χ2n) is 4.28. The van der Waals surface area contributed by atoms with Crippen molar-refractivity contribution in [1.82, 2.24) is 4.90 Å². The third-order valence-electron chi connectivity index (χ3n) is 3.24. The maximum Gasteiger partial charge on any atom is 0.124 e. The Kier molecular flexibility index (Phi) is 3.80. The lowest BCUT2D eigenvalue weighted by atomic mass is 10.1. The van der Waals surface area contributed by atoms with Crippen LogP contribution in [0.3, 0.4) is 0 Å². The SMILES string of the molecule is COc1ccccc1C(N)N1CCCCC1. The van der Waals surface area contributed by atoms with Crippen LogP contribution >= 0.6 is 0 Å². The standard InChI is InChI=1S/C13H20N2O/c1-16-12-8-4-3-7-11(12)13(14)15-9-5-2-6-10-15/h3-4,7-8,13H,2,5-6,9-10,14H2,1H3. The first kappa shape index (κ1) is 11.4. The van der Waals surface area contributed by atoms with Crippen LogP contribution in [0.25, 0.3) is 0 Å². The molecule has 1 atom stereocenters. The van der Waals surface area contributed by atoms with E-state index in [0.717, 1.165) is 24.4 Å². The highest BCUT2D eigenvalue weighted by molar-refractivity contribution is 5.35. The number of likely N-dealkylation sites (tertiary alicyclic amines) is 1. The molecule has 16 heavy (non-hydrogen) atoms. The fourth-order valence-corrected chi connectivity index (χ4v) is 2.30. The Morgan fingerprint density at radius 1 is 1.19 bits per heavy atom. The number of benzene rings is 1. The minimum atomic E-state index is -0.0311. The lowest BCUT2D eigenvalue weighted by Crippen LogP contribution is -2.38. The average Bonchev–Trinajstić information content (AvgIpc) is 2.39. The molecule has 0 aliphatic carbocycles. The first-order chi connectivity index (χ1) is 7.83. The van der Waals surface area contributed by atoms with Gasteiger partial charge in [-0.2, -0.15) is 0 Å². The molecule has 0 radical (unpaired) electrons. The van der Waals surface area contributed by atoms with Gasteiger partial charge in [0.1, 0.15) is 5.75 Å². The van der Waals surface area contributed by atoms with E-state index in [1.54, 1.807) is 7.11 Å². The van der Waals surface area contributed by atoms with E-state index in [1.165, 1.54) is 19.3 Å². The summed E-state index contributed by atoms with van der Waals surface area (Å²) >= 11 is 0. The molecule has 88 valence electrons. The van der Waals surface area contributed by atoms with Crippen LogP contribution in [0.4, 0.5) is 0 Å². The third-order valence-corrected chi connectivity index (χ3v) is 3.24. The Morgan fingerprint density at radius 2 is 1.88 bits per heavy atom. The van der Waals surface area contributed by atoms with Crippen molar-refractivity contribution in [3.8, 4) is 5.75 Å². The van der Waals surface area contributed by atoms with E-state index in [2.05, 4.69) is 11.0 Å². The summed E-state index contributed by atoms with van der Waals surface area (Å²) in [6.07, 6.45) is 3.80. The molecule has 3 heteroatoms. The van der Waals surface area contributed by atoms with Crippen molar-refractivity contribution < 1.29 is 4.74 Å². The van der Waals surface area contributed by atoms with Gasteiger partial charge < -0.3 is 10.5 Å². The van der Waals surface area contributed by atoms with E-state index in [9.17, 15) is 0 Å². The molecule has 1 unspecified atom stereocenters. The maximum absolute atomic E-state index is 6.29. The predicted octanol–water partition coefficient (Wildman–Crippen LogP) is 2.14. The van der Waals surface area contributed by atoms with E-state index >= 15 is 0 Å². The van der Waals surface area contributed by atoms with Crippen molar-refractivity contribution in [3.05, 3.63) is 29.8 Å². The van der Waals surface area contributed by atoms with Gasteiger partial charge in [0.25, 0.3) is 0 Å². The molecular formula is C13H20N2O. The van der Waals surface area contributed by atoms with Gasteiger partial charge in [-0.1, -0.05) is 24.6 Å². The van der Waals surface area contributed by atoms with E-state index in [0.29, 0.717) is 0 Å². The average molecular weight is 220 g/mol. The van der Waals surface area contributed by atoms with Crippen molar-refractivity contribution in [1.29, 1.82) is 0 Å². The smallest absolute Gasteiger partial charge is 0.124 e. The number of ether oxygens (including phenoxy) is 1. The van der Waals surface area contributed by atoms with Crippen molar-refractivity contribution in [3.63, 3.8) is 0 Å². The molecule has 0 bridgehead atoms. The molecular weight excluding hydrogens is 200 g/mol. The molecule has 2 N–H and O–H groups in total. The van der Waals surface area contributed by atoms with Gasteiger partial charge in [-0.05, 0) is 32.0 Å². The monoisotopic (exact) mass is 220 g/mol. The molecule has 0 amide bonds. The summed E-state index contributed by atoms with van der Waals surface area (Å²) in [5, 5.41) is 0. The van der Waals surface area contributed by atoms with Crippen LogP contribution in [-0.4, -0.2) is 25.1 Å². The number of piperidine rings is 1. The highest BCUT2D eigenvalue weighted by Gasteiger charge is 2.20. The fourth-order valence-electron chi connectivity index (χ4n) is 2.30. The summed E-state index contributed by atoms with van der Waals surface area (Å²) in [7, 11) is 1.70. The van der Waals surface area contributed by atoms with Gasteiger partial charge in [0, 0.05) is 5.56 Å². The second-order valence-corrected chi connectivity index (χ2v) is 4.28. The summed E-state index contributed by atoms with van der Waals surface area (Å²) in [5.74, 6) is 0.889. The van der Waals surface area contributed by atoms with E-state index < -0.39 is 0 Å². The molecule has 1 saturated heterocycles. The number of hydrogen-bond acceptors (Lipinski definition) is 3. The third kappa shape index (κ3) is 2.36. The summed E-state index contributed by atoms with van der Waals surface area (Å²) < 4.78 is 5.35. The van der Waals surface area contributed by atoms with Gasteiger partial charge in [0.15, 0.2) is 0 Å². The molecule has 0 saturated carbocycles. The molecule has 3 nitrogen and oxygen atoms in total. The quantitative estimate of drug-likeness (QED) is 0.848. The van der Waals surface area contributed by atoms with Gasteiger partial charge in [0.2, 0.25) is 0 Å². The second kappa shape index (κ2) is 5.32. The van der Waals surface area contributed by atoms with Crippen LogP contribution in [-0.2, 0) is 0 Å². The van der Waals surface area contributed by atoms with Crippen LogP contribution in [0.15, 0.2) is 24.3 Å². The molecule has 1 aromatic carbocycles. The zero-order valence-corrected chi connectivity index (χ0v) is 9.86. The zero-order chi connectivity index (χ0) is 11.4. The lowest BCUT2D eigenvalue weighted by molar-refractivity contribution is 0.164. The van der Waals surface area contributed by atoms with Crippen LogP contribution in [0.5, 0.6) is 5.75 Å². The summed E-state index contributed by atoms with van der Waals surface area (Å²) in [5.41, 5.74) is 7.38. The molecule has 1 aliphatic rings. The Labute approximate surface area is 97.2 Å². The fraction of sp³-hybridized carbons (Fsp3) is 0.538. The normalized spacial score (nSPS) is 19.4. The Morgan fingerprint density at radius 3 is 2.56 bits per heavy atom. The van der Waals surface area contributed by atoms with Crippen LogP contribution < -0.4 is 10.5 Å². The number of hydrogen-bond donors (Lipinski definition) is 1. The van der Waals surface area contributed by atoms with Crippen LogP contribution in [0.2, 0.25) is 0 Å². The molecule has 0 spiro atoms. The van der Waals surface area contributed by atoms with Crippen molar-refractivity contribution in [2.24, 2.45) is 5.73 Å². The number of rotatable bonds is 3. The number of methoxy groups -OCH3 is 1. The predicted molar refractivity (Wildman–Crippen MR) is 65.3 cm³/mol. The summed E-state index contributed by atoms with van der Waals surface area (Å²) in [6.45, 7) is 2.19. The first-order valence-corrected chi connectivity index (χ1v) is 5.95. The highest BCUT2D eigenvalue weighted by atomic mass is 16.5. The van der Waals surface area contributed by atoms with Crippen molar-refractivity contribution in [2.45, 2.75) is 25.4 Å². The molecule has 2 rings (SSSR count). The van der Waals surface area contributed by atoms with Gasteiger partial charge >= 0.3 is 0 Å². The molecule has 0 aromatic heterocycles. The van der Waals surface area contributed by atoms with E-state index in [1.807, 2.05) is 18.2 Å². The Balaban J connectivity index is 2.15. The Hall–Kier alpha value is -1.06. The van der Waals surface area contributed by atoms with Gasteiger partial charge in [-0.25, -0.2) is 0 Å². The minimum absolute atomic E-state index is 0.0311. The summed E-state index contributed by atoms with van der Waals surface area (Å²) in [6, 6.07) is 8.02. The Bertz CT molecular complexity index is 334. The minimum Gasteiger partial charge on any atom is -0.496 e. The van der Waals surface area contributed by atoms with E-state index in [4.69, 9.17) is 10.5 Å². The van der Waals surface area contributed by atoms with Gasteiger partial charge in [-0.3, -0.25) is 4.90 Å². The number of nitrogens with zero attached hydrogens (tertiary/aromatic N) is 1. The number of para-hydroxylation sites is 1. The largest absolute Gasteiger partial charge is 0.496 e. The highest BCUT2D eigenvalue weighted by Crippen LogP contribution is 2.27. The lowest BCUT2D eigenvalue weighted by Gasteiger charge is -2.32. The van der Waals surface area contributed by atoms with Gasteiger partial charge in [0.05, 0.1) is 13.3 Å². The topological polar surface area (TPSA) is 38.5 Å². The zero-order valence-electron chi connectivity index (χ0n) is 9.86. The van der Waals surface area contributed by atoms with Crippen molar-refractivity contribution >= 4 is 0 Å². The molecule has 1 aromatic rings. The molecule has 1 fully saturated rings. The summed E-state index contributed by atoms with van der Waals surface area (Å²) in [4.78, 5) is 2.33. The van der Waals surface area contributed by atoms with E-state index in [-0.39, 0.29) is 6.17 Å². The van der Waals surface area contributed by atoms with Gasteiger partial charge in [-0.15, -0.1) is 0 Å². The molecule has 1 aliphatic heterocycles. The van der Waals surface area contributed by atoms with Crippen molar-refractivity contribution in [2.75, 3.05) is 20.2 Å². The van der Waals surface area contributed by atoms with Crippen LogP contribution in [0, 0.1) is 0 Å².